The molecule has 0 bridgehead atoms. The maximum Gasteiger partial charge on any atom is 0.257 e. The first-order valence-corrected chi connectivity index (χ1v) is 10.2. The van der Waals surface area contributed by atoms with E-state index in [1.54, 1.807) is 16.7 Å². The van der Waals surface area contributed by atoms with E-state index in [2.05, 4.69) is 10.1 Å². The fraction of sp³-hybridized carbons (Fsp3) is 0.455. The highest BCUT2D eigenvalue weighted by Crippen LogP contribution is 2.28. The van der Waals surface area contributed by atoms with E-state index < -0.39 is 5.60 Å². The van der Waals surface area contributed by atoms with Crippen LogP contribution in [0.15, 0.2) is 47.0 Å². The van der Waals surface area contributed by atoms with Crippen molar-refractivity contribution < 1.29 is 18.8 Å². The molecule has 1 atom stereocenters. The quantitative estimate of drug-likeness (QED) is 0.700. The Labute approximate surface area is 175 Å². The lowest BCUT2D eigenvalue weighted by atomic mass is 9.95. The van der Waals surface area contributed by atoms with Gasteiger partial charge in [-0.05, 0) is 12.5 Å². The van der Waals surface area contributed by atoms with Gasteiger partial charge in [-0.3, -0.25) is 9.59 Å². The third-order valence-corrected chi connectivity index (χ3v) is 5.49. The van der Waals surface area contributed by atoms with Gasteiger partial charge in [0.2, 0.25) is 11.8 Å². The van der Waals surface area contributed by atoms with Gasteiger partial charge in [0.05, 0.1) is 13.2 Å². The number of aromatic nitrogens is 2. The maximum absolute atomic E-state index is 13.5. The molecule has 2 aromatic rings. The maximum atomic E-state index is 13.5. The average molecular weight is 410 g/mol. The number of carbonyl (C=O) groups is 2. The van der Waals surface area contributed by atoms with E-state index in [0.29, 0.717) is 50.8 Å². The molecule has 2 amide bonds. The van der Waals surface area contributed by atoms with Gasteiger partial charge in [-0.2, -0.15) is 4.98 Å². The normalized spacial score (nSPS) is 21.8. The molecule has 8 heteroatoms. The molecular weight excluding hydrogens is 384 g/mol. The van der Waals surface area contributed by atoms with E-state index in [-0.39, 0.29) is 24.8 Å². The largest absolute Gasteiger partial charge is 0.361 e. The van der Waals surface area contributed by atoms with Crippen molar-refractivity contribution in [1.29, 1.82) is 0 Å². The van der Waals surface area contributed by atoms with Gasteiger partial charge in [-0.1, -0.05) is 47.6 Å². The summed E-state index contributed by atoms with van der Waals surface area (Å²) in [4.78, 5) is 33.9. The zero-order chi connectivity index (χ0) is 21.0. The number of amides is 2. The summed E-state index contributed by atoms with van der Waals surface area (Å²) in [5.41, 5.74) is 0.0337. The number of ether oxygens (including phenoxy) is 1. The molecule has 1 aromatic heterocycles. The van der Waals surface area contributed by atoms with Crippen LogP contribution in [0.3, 0.4) is 0 Å². The highest BCUT2D eigenvalue weighted by Gasteiger charge is 2.46. The van der Waals surface area contributed by atoms with Crippen molar-refractivity contribution in [2.45, 2.75) is 38.3 Å². The van der Waals surface area contributed by atoms with Crippen LogP contribution in [0.5, 0.6) is 0 Å². The lowest BCUT2D eigenvalue weighted by Crippen LogP contribution is -2.60. The minimum absolute atomic E-state index is 0.0378. The van der Waals surface area contributed by atoms with Crippen molar-refractivity contribution in [3.63, 3.8) is 0 Å². The lowest BCUT2D eigenvalue weighted by molar-refractivity contribution is -0.173. The van der Waals surface area contributed by atoms with Crippen molar-refractivity contribution in [2.24, 2.45) is 0 Å². The van der Waals surface area contributed by atoms with Crippen LogP contribution in [0.1, 0.15) is 30.1 Å². The van der Waals surface area contributed by atoms with Crippen LogP contribution in [0.2, 0.25) is 0 Å². The van der Waals surface area contributed by atoms with E-state index in [0.717, 1.165) is 5.56 Å². The molecule has 1 fully saturated rings. The van der Waals surface area contributed by atoms with Gasteiger partial charge >= 0.3 is 0 Å². The Hall–Kier alpha value is -3.00. The monoisotopic (exact) mass is 410 g/mol. The Morgan fingerprint density at radius 3 is 2.83 bits per heavy atom. The van der Waals surface area contributed by atoms with Crippen LogP contribution in [-0.4, -0.2) is 63.6 Å². The summed E-state index contributed by atoms with van der Waals surface area (Å²) in [7, 11) is 0. The zero-order valence-electron chi connectivity index (χ0n) is 17.1. The standard InChI is InChI=1S/C22H26N4O4/c1-17-23-19(30-24-17)9-10-20(27)26-13-14-29-22(16-26)11-5-6-12-25(21(22)28)15-18-7-3-2-4-8-18/h2-8H,9-16H2,1H3. The Balaban J connectivity index is 1.44. The fourth-order valence-electron chi connectivity index (χ4n) is 3.94. The summed E-state index contributed by atoms with van der Waals surface area (Å²) in [6, 6.07) is 9.90. The van der Waals surface area contributed by atoms with Crippen molar-refractivity contribution in [2.75, 3.05) is 26.2 Å². The first-order valence-electron chi connectivity index (χ1n) is 10.2. The van der Waals surface area contributed by atoms with Crippen molar-refractivity contribution in [3.05, 3.63) is 59.8 Å². The number of hydrogen-bond acceptors (Lipinski definition) is 6. The molecule has 1 aromatic carbocycles. The molecule has 3 heterocycles. The van der Waals surface area contributed by atoms with Gasteiger partial charge in [0, 0.05) is 38.9 Å². The number of morpholine rings is 1. The molecule has 0 saturated carbocycles. The van der Waals surface area contributed by atoms with Gasteiger partial charge in [0.1, 0.15) is 0 Å². The zero-order valence-corrected chi connectivity index (χ0v) is 17.1. The molecular formula is C22H26N4O4. The first kappa shape index (κ1) is 20.3. The summed E-state index contributed by atoms with van der Waals surface area (Å²) in [6.07, 6.45) is 5.09. The Kier molecular flexibility index (Phi) is 5.94. The van der Waals surface area contributed by atoms with Crippen LogP contribution < -0.4 is 0 Å². The first-order chi connectivity index (χ1) is 14.6. The van der Waals surface area contributed by atoms with Crippen molar-refractivity contribution in [1.82, 2.24) is 19.9 Å². The lowest BCUT2D eigenvalue weighted by Gasteiger charge is -2.42. The molecule has 4 rings (SSSR count). The minimum Gasteiger partial charge on any atom is -0.361 e. The highest BCUT2D eigenvalue weighted by atomic mass is 16.5. The van der Waals surface area contributed by atoms with Crippen molar-refractivity contribution >= 4 is 11.8 Å². The molecule has 0 radical (unpaired) electrons. The van der Waals surface area contributed by atoms with Crippen LogP contribution >= 0.6 is 0 Å². The number of aryl methyl sites for hydroxylation is 2. The third-order valence-electron chi connectivity index (χ3n) is 5.49. The average Bonchev–Trinajstić information content (AvgIpc) is 3.13. The molecule has 1 saturated heterocycles. The number of benzene rings is 1. The second-order valence-corrected chi connectivity index (χ2v) is 7.74. The summed E-state index contributed by atoms with van der Waals surface area (Å²) in [6.45, 7) is 3.85. The smallest absolute Gasteiger partial charge is 0.257 e. The van der Waals surface area contributed by atoms with Crippen molar-refractivity contribution in [3.8, 4) is 0 Å². The van der Waals surface area contributed by atoms with Gasteiger partial charge in [-0.15, -0.1) is 0 Å². The summed E-state index contributed by atoms with van der Waals surface area (Å²) < 4.78 is 11.1. The van der Waals surface area contributed by atoms with E-state index in [1.807, 2.05) is 42.5 Å². The molecule has 2 aliphatic heterocycles. The number of rotatable bonds is 5. The third kappa shape index (κ3) is 4.43. The molecule has 8 nitrogen and oxygen atoms in total. The molecule has 0 N–H and O–H groups in total. The molecule has 1 spiro atoms. The minimum atomic E-state index is -1.03. The molecule has 158 valence electrons. The predicted molar refractivity (Wildman–Crippen MR) is 108 cm³/mol. The van der Waals surface area contributed by atoms with E-state index in [4.69, 9.17) is 9.26 Å². The summed E-state index contributed by atoms with van der Waals surface area (Å²) >= 11 is 0. The van der Waals surface area contributed by atoms with E-state index in [1.165, 1.54) is 0 Å². The number of nitrogens with zero attached hydrogens (tertiary/aromatic N) is 4. The molecule has 2 aliphatic rings. The van der Waals surface area contributed by atoms with Gasteiger partial charge < -0.3 is 19.1 Å². The van der Waals surface area contributed by atoms with Crippen LogP contribution in [-0.2, 0) is 27.3 Å². The topological polar surface area (TPSA) is 88.8 Å². The van der Waals surface area contributed by atoms with Crippen LogP contribution in [0.4, 0.5) is 0 Å². The Morgan fingerprint density at radius 1 is 1.23 bits per heavy atom. The SMILES string of the molecule is Cc1noc(CCC(=O)N2CCOC3(CC=CCN(Cc4ccccc4)C3=O)C2)n1. The van der Waals surface area contributed by atoms with E-state index in [9.17, 15) is 9.59 Å². The highest BCUT2D eigenvalue weighted by molar-refractivity contribution is 5.88. The molecule has 0 aliphatic carbocycles. The van der Waals surface area contributed by atoms with Gasteiger partial charge in [0.25, 0.3) is 5.91 Å². The summed E-state index contributed by atoms with van der Waals surface area (Å²) in [5.74, 6) is 0.897. The van der Waals surface area contributed by atoms with E-state index >= 15 is 0 Å². The summed E-state index contributed by atoms with van der Waals surface area (Å²) in [5, 5.41) is 3.75. The fourth-order valence-corrected chi connectivity index (χ4v) is 3.94. The Morgan fingerprint density at radius 2 is 2.07 bits per heavy atom. The molecule has 1 unspecified atom stereocenters. The number of carbonyl (C=O) groups excluding carboxylic acids is 2. The van der Waals surface area contributed by atoms with Gasteiger partial charge in [-0.25, -0.2) is 0 Å². The predicted octanol–water partition coefficient (Wildman–Crippen LogP) is 1.90. The van der Waals surface area contributed by atoms with Crippen LogP contribution in [0.25, 0.3) is 0 Å². The Bertz CT molecular complexity index is 926. The number of hydrogen-bond donors (Lipinski definition) is 0. The second-order valence-electron chi connectivity index (χ2n) is 7.74. The van der Waals surface area contributed by atoms with Gasteiger partial charge in [0.15, 0.2) is 11.4 Å². The second kappa shape index (κ2) is 8.79. The van der Waals surface area contributed by atoms with Crippen LogP contribution in [0, 0.1) is 6.92 Å². The molecule has 30 heavy (non-hydrogen) atoms.